The topological polar surface area (TPSA) is 15.3 Å². The molecule has 2 unspecified atom stereocenters. The Hall–Kier alpha value is -0.860. The third-order valence-electron chi connectivity index (χ3n) is 5.22. The van der Waals surface area contributed by atoms with Crippen molar-refractivity contribution in [3.05, 3.63) is 35.4 Å². The van der Waals surface area contributed by atoms with Crippen molar-refractivity contribution in [2.24, 2.45) is 0 Å². The number of hydrogen-bond donors (Lipinski definition) is 1. The molecule has 1 aliphatic carbocycles. The molecule has 1 N–H and O–H groups in total. The summed E-state index contributed by atoms with van der Waals surface area (Å²) in [4.78, 5) is 2.78. The summed E-state index contributed by atoms with van der Waals surface area (Å²) in [6.07, 6.45) is 9.26. The van der Waals surface area contributed by atoms with Gasteiger partial charge in [0.15, 0.2) is 0 Å². The Balaban J connectivity index is 1.64. The van der Waals surface area contributed by atoms with Crippen molar-refractivity contribution in [2.45, 2.75) is 64.0 Å². The second-order valence-corrected chi connectivity index (χ2v) is 6.81. The molecule has 0 radical (unpaired) electrons. The molecule has 3 rings (SSSR count). The lowest BCUT2D eigenvalue weighted by Crippen LogP contribution is -2.49. The Bertz CT molecular complexity index is 437. The van der Waals surface area contributed by atoms with Crippen molar-refractivity contribution in [2.75, 3.05) is 19.6 Å². The molecule has 0 spiro atoms. The van der Waals surface area contributed by atoms with E-state index in [4.69, 9.17) is 0 Å². The fraction of sp³-hybridized carbons (Fsp3) is 0.684. The quantitative estimate of drug-likeness (QED) is 0.892. The molecular weight excluding hydrogens is 256 g/mol. The van der Waals surface area contributed by atoms with Crippen molar-refractivity contribution in [3.8, 4) is 0 Å². The van der Waals surface area contributed by atoms with Crippen LogP contribution in [0.1, 0.15) is 50.2 Å². The summed E-state index contributed by atoms with van der Waals surface area (Å²) in [5.74, 6) is 0. The van der Waals surface area contributed by atoms with Crippen LogP contribution in [0.25, 0.3) is 0 Å². The van der Waals surface area contributed by atoms with E-state index in [-0.39, 0.29) is 0 Å². The van der Waals surface area contributed by atoms with Crippen LogP contribution in [0.2, 0.25) is 0 Å². The fourth-order valence-electron chi connectivity index (χ4n) is 4.06. The Kier molecular flexibility index (Phi) is 5.32. The van der Waals surface area contributed by atoms with Crippen molar-refractivity contribution in [1.29, 1.82) is 0 Å². The molecular formula is C19H30N2. The minimum absolute atomic E-state index is 0.725. The molecule has 116 valence electrons. The first kappa shape index (κ1) is 15.1. The third kappa shape index (κ3) is 3.87. The molecule has 1 aliphatic heterocycles. The number of aryl methyl sites for hydroxylation is 1. The van der Waals surface area contributed by atoms with Crippen molar-refractivity contribution in [3.63, 3.8) is 0 Å². The zero-order valence-electron chi connectivity index (χ0n) is 13.5. The van der Waals surface area contributed by atoms with Gasteiger partial charge in [0.2, 0.25) is 0 Å². The number of nitrogens with one attached hydrogen (secondary N) is 1. The van der Waals surface area contributed by atoms with E-state index in [2.05, 4.69) is 41.4 Å². The standard InChI is InChI=1S/C19H30N2/c1-2-13-21(15-18-9-5-6-12-20-18)19-11-10-16-7-3-4-8-17(16)14-19/h3-4,7-8,18-20H,2,5-6,9-15H2,1H3. The second-order valence-electron chi connectivity index (χ2n) is 6.81. The van der Waals surface area contributed by atoms with Crippen LogP contribution in [0.5, 0.6) is 0 Å². The van der Waals surface area contributed by atoms with E-state index in [1.54, 1.807) is 11.1 Å². The van der Waals surface area contributed by atoms with Gasteiger partial charge in [0, 0.05) is 18.6 Å². The maximum atomic E-state index is 3.72. The van der Waals surface area contributed by atoms with Crippen LogP contribution in [0.4, 0.5) is 0 Å². The number of benzene rings is 1. The summed E-state index contributed by atoms with van der Waals surface area (Å²) in [6.45, 7) is 6.04. The van der Waals surface area contributed by atoms with E-state index < -0.39 is 0 Å². The number of nitrogens with zero attached hydrogens (tertiary/aromatic N) is 1. The van der Waals surface area contributed by atoms with Crippen LogP contribution in [0, 0.1) is 0 Å². The van der Waals surface area contributed by atoms with Crippen LogP contribution >= 0.6 is 0 Å². The van der Waals surface area contributed by atoms with Gasteiger partial charge in [-0.3, -0.25) is 4.90 Å². The van der Waals surface area contributed by atoms with Crippen molar-refractivity contribution in [1.82, 2.24) is 10.2 Å². The van der Waals surface area contributed by atoms with Crippen molar-refractivity contribution < 1.29 is 0 Å². The van der Waals surface area contributed by atoms with Crippen LogP contribution in [0.3, 0.4) is 0 Å². The van der Waals surface area contributed by atoms with Crippen LogP contribution in [-0.4, -0.2) is 36.6 Å². The van der Waals surface area contributed by atoms with Gasteiger partial charge in [0.25, 0.3) is 0 Å². The summed E-state index contributed by atoms with van der Waals surface area (Å²) >= 11 is 0. The summed E-state index contributed by atoms with van der Waals surface area (Å²) in [6, 6.07) is 10.5. The first-order chi connectivity index (χ1) is 10.4. The van der Waals surface area contributed by atoms with E-state index in [1.807, 2.05) is 0 Å². The van der Waals surface area contributed by atoms with Gasteiger partial charge in [-0.2, -0.15) is 0 Å². The van der Waals surface area contributed by atoms with Gasteiger partial charge in [-0.25, -0.2) is 0 Å². The zero-order chi connectivity index (χ0) is 14.5. The number of piperidine rings is 1. The van der Waals surface area contributed by atoms with Crippen molar-refractivity contribution >= 4 is 0 Å². The highest BCUT2D eigenvalue weighted by Gasteiger charge is 2.26. The molecule has 1 aromatic carbocycles. The average Bonchev–Trinajstić information content (AvgIpc) is 2.55. The molecule has 2 atom stereocenters. The van der Waals surface area contributed by atoms with E-state index >= 15 is 0 Å². The second kappa shape index (κ2) is 7.42. The van der Waals surface area contributed by atoms with Crippen LogP contribution in [0.15, 0.2) is 24.3 Å². The molecule has 2 heteroatoms. The number of fused-ring (bicyclic) bond motifs is 1. The minimum atomic E-state index is 0.725. The van der Waals surface area contributed by atoms with E-state index in [9.17, 15) is 0 Å². The Labute approximate surface area is 129 Å². The molecule has 0 bridgehead atoms. The predicted molar refractivity (Wildman–Crippen MR) is 89.8 cm³/mol. The Morgan fingerprint density at radius 2 is 2.00 bits per heavy atom. The predicted octanol–water partition coefficient (Wildman–Crippen LogP) is 3.40. The minimum Gasteiger partial charge on any atom is -0.313 e. The van der Waals surface area contributed by atoms with Gasteiger partial charge in [0.05, 0.1) is 0 Å². The van der Waals surface area contributed by atoms with Gasteiger partial charge >= 0.3 is 0 Å². The highest BCUT2D eigenvalue weighted by molar-refractivity contribution is 5.30. The smallest absolute Gasteiger partial charge is 0.0195 e. The van der Waals surface area contributed by atoms with Gasteiger partial charge in [0.1, 0.15) is 0 Å². The third-order valence-corrected chi connectivity index (χ3v) is 5.22. The molecule has 21 heavy (non-hydrogen) atoms. The average molecular weight is 286 g/mol. The van der Waals surface area contributed by atoms with E-state index in [0.717, 1.165) is 12.1 Å². The van der Waals surface area contributed by atoms with Gasteiger partial charge in [-0.1, -0.05) is 37.6 Å². The number of hydrogen-bond acceptors (Lipinski definition) is 2. The van der Waals surface area contributed by atoms with Gasteiger partial charge in [-0.15, -0.1) is 0 Å². The molecule has 0 aromatic heterocycles. The van der Waals surface area contributed by atoms with Crippen LogP contribution < -0.4 is 5.32 Å². The monoisotopic (exact) mass is 286 g/mol. The normalized spacial score (nSPS) is 25.8. The van der Waals surface area contributed by atoms with Crippen LogP contribution in [-0.2, 0) is 12.8 Å². The SMILES string of the molecule is CCCN(CC1CCCCN1)C1CCc2ccccc2C1. The molecule has 2 aliphatic rings. The molecule has 1 aromatic rings. The lowest BCUT2D eigenvalue weighted by molar-refractivity contribution is 0.152. The highest BCUT2D eigenvalue weighted by atomic mass is 15.2. The van der Waals surface area contributed by atoms with E-state index in [0.29, 0.717) is 0 Å². The molecule has 1 heterocycles. The largest absolute Gasteiger partial charge is 0.313 e. The lowest BCUT2D eigenvalue weighted by Gasteiger charge is -2.38. The fourth-order valence-corrected chi connectivity index (χ4v) is 4.06. The molecule has 2 nitrogen and oxygen atoms in total. The highest BCUT2D eigenvalue weighted by Crippen LogP contribution is 2.25. The molecule has 0 saturated carbocycles. The summed E-state index contributed by atoms with van der Waals surface area (Å²) < 4.78 is 0. The number of rotatable bonds is 5. The van der Waals surface area contributed by atoms with Gasteiger partial charge in [-0.05, 0) is 62.7 Å². The zero-order valence-corrected chi connectivity index (χ0v) is 13.5. The van der Waals surface area contributed by atoms with E-state index in [1.165, 1.54) is 64.6 Å². The maximum Gasteiger partial charge on any atom is 0.0195 e. The lowest BCUT2D eigenvalue weighted by atomic mass is 9.87. The molecule has 0 amide bonds. The summed E-state index contributed by atoms with van der Waals surface area (Å²) in [7, 11) is 0. The molecule has 1 saturated heterocycles. The first-order valence-electron chi connectivity index (χ1n) is 8.91. The Morgan fingerprint density at radius 3 is 2.76 bits per heavy atom. The first-order valence-corrected chi connectivity index (χ1v) is 8.91. The summed E-state index contributed by atoms with van der Waals surface area (Å²) in [5, 5.41) is 3.72. The maximum absolute atomic E-state index is 3.72. The summed E-state index contributed by atoms with van der Waals surface area (Å²) in [5.41, 5.74) is 3.17. The molecule has 1 fully saturated rings. The Morgan fingerprint density at radius 1 is 1.14 bits per heavy atom. The van der Waals surface area contributed by atoms with Gasteiger partial charge < -0.3 is 5.32 Å².